The normalized spacial score (nSPS) is 14.9. The van der Waals surface area contributed by atoms with Crippen LogP contribution in [0.15, 0.2) is 87.8 Å². The number of halogens is 2. The first-order valence-electron chi connectivity index (χ1n) is 12.2. The summed E-state index contributed by atoms with van der Waals surface area (Å²) in [5.41, 5.74) is 2.76. The zero-order valence-electron chi connectivity index (χ0n) is 21.8. The van der Waals surface area contributed by atoms with Crippen LogP contribution >= 0.6 is 34.5 Å². The monoisotopic (exact) mass is 594 g/mol. The van der Waals surface area contributed by atoms with Gasteiger partial charge in [-0.15, -0.1) is 0 Å². The maximum Gasteiger partial charge on any atom is 0.338 e. The highest BCUT2D eigenvalue weighted by Gasteiger charge is 2.35. The number of hydrogen-bond donors (Lipinski definition) is 0. The number of nitrogens with zero attached hydrogens (tertiary/aromatic N) is 2. The molecule has 0 fully saturated rings. The number of thiazole rings is 1. The minimum atomic E-state index is -0.830. The number of benzene rings is 3. The molecule has 204 valence electrons. The molecule has 1 aliphatic rings. The van der Waals surface area contributed by atoms with Gasteiger partial charge in [0.1, 0.15) is 24.1 Å². The number of hydrogen-bond acceptors (Lipinski definition) is 7. The van der Waals surface area contributed by atoms with Gasteiger partial charge in [0.05, 0.1) is 30.0 Å². The Bertz CT molecular complexity index is 1790. The van der Waals surface area contributed by atoms with Crippen LogP contribution in [0.2, 0.25) is 10.0 Å². The van der Waals surface area contributed by atoms with Crippen LogP contribution in [0.4, 0.5) is 0 Å². The van der Waals surface area contributed by atoms with E-state index in [2.05, 4.69) is 4.99 Å². The lowest BCUT2D eigenvalue weighted by Gasteiger charge is -2.25. The van der Waals surface area contributed by atoms with Crippen LogP contribution in [0.25, 0.3) is 6.08 Å². The maximum atomic E-state index is 13.8. The Balaban J connectivity index is 1.53. The summed E-state index contributed by atoms with van der Waals surface area (Å²) in [5.74, 6) is 0.589. The Labute approximate surface area is 244 Å². The number of ether oxygens (including phenoxy) is 3. The summed E-state index contributed by atoms with van der Waals surface area (Å²) in [6.45, 7) is 2.13. The first-order valence-corrected chi connectivity index (χ1v) is 13.8. The molecule has 0 spiro atoms. The summed E-state index contributed by atoms with van der Waals surface area (Å²) in [6.07, 6.45) is 1.79. The van der Waals surface area contributed by atoms with Gasteiger partial charge in [-0.3, -0.25) is 9.36 Å². The van der Waals surface area contributed by atoms with Crippen molar-refractivity contribution in [1.82, 2.24) is 4.57 Å². The minimum Gasteiger partial charge on any atom is -0.496 e. The van der Waals surface area contributed by atoms with Crippen LogP contribution in [0.1, 0.15) is 29.7 Å². The second-order valence-electron chi connectivity index (χ2n) is 8.94. The van der Waals surface area contributed by atoms with Crippen molar-refractivity contribution in [1.29, 1.82) is 0 Å². The van der Waals surface area contributed by atoms with Gasteiger partial charge in [0.2, 0.25) is 0 Å². The summed E-state index contributed by atoms with van der Waals surface area (Å²) in [4.78, 5) is 31.7. The number of fused-ring (bicyclic) bond motifs is 1. The smallest absolute Gasteiger partial charge is 0.338 e. The number of carbonyl (C=O) groups excluding carboxylic acids is 1. The lowest BCUT2D eigenvalue weighted by Crippen LogP contribution is -2.40. The molecule has 0 saturated heterocycles. The average molecular weight is 596 g/mol. The Kier molecular flexibility index (Phi) is 8.12. The van der Waals surface area contributed by atoms with Crippen molar-refractivity contribution in [2.75, 3.05) is 14.2 Å². The highest BCUT2D eigenvalue weighted by Crippen LogP contribution is 2.37. The molecule has 0 amide bonds. The van der Waals surface area contributed by atoms with Gasteiger partial charge in [0, 0.05) is 15.6 Å². The van der Waals surface area contributed by atoms with Crippen LogP contribution in [0.5, 0.6) is 11.5 Å². The molecule has 1 atom stereocenters. The molecule has 1 aliphatic heterocycles. The molecule has 40 heavy (non-hydrogen) atoms. The Hall–Kier alpha value is -3.85. The Morgan fingerprint density at radius 2 is 1.73 bits per heavy atom. The number of aromatic nitrogens is 1. The fourth-order valence-electron chi connectivity index (χ4n) is 4.46. The van der Waals surface area contributed by atoms with E-state index in [0.29, 0.717) is 48.7 Å². The van der Waals surface area contributed by atoms with Gasteiger partial charge in [-0.2, -0.15) is 0 Å². The van der Waals surface area contributed by atoms with Gasteiger partial charge in [0.15, 0.2) is 4.80 Å². The highest BCUT2D eigenvalue weighted by molar-refractivity contribution is 7.07. The van der Waals surface area contributed by atoms with Crippen molar-refractivity contribution in [2.24, 2.45) is 4.99 Å². The zero-order chi connectivity index (χ0) is 28.4. The molecule has 4 aromatic rings. The lowest BCUT2D eigenvalue weighted by atomic mass is 9.95. The number of esters is 1. The fourth-order valence-corrected chi connectivity index (χ4v) is 5.82. The van der Waals surface area contributed by atoms with E-state index in [1.165, 1.54) is 30.1 Å². The van der Waals surface area contributed by atoms with Crippen molar-refractivity contribution in [3.05, 3.63) is 124 Å². The zero-order valence-corrected chi connectivity index (χ0v) is 24.1. The molecule has 1 aromatic heterocycles. The quantitative estimate of drug-likeness (QED) is 0.271. The van der Waals surface area contributed by atoms with Gasteiger partial charge < -0.3 is 14.2 Å². The predicted octanol–water partition coefficient (Wildman–Crippen LogP) is 5.30. The van der Waals surface area contributed by atoms with Crippen molar-refractivity contribution >= 4 is 46.6 Å². The van der Waals surface area contributed by atoms with Gasteiger partial charge in [-0.1, -0.05) is 58.8 Å². The van der Waals surface area contributed by atoms with E-state index >= 15 is 0 Å². The molecule has 0 radical (unpaired) electrons. The van der Waals surface area contributed by atoms with E-state index in [-0.39, 0.29) is 11.1 Å². The molecule has 3 aromatic carbocycles. The molecule has 10 heteroatoms. The van der Waals surface area contributed by atoms with E-state index in [1.54, 1.807) is 31.2 Å². The van der Waals surface area contributed by atoms with Crippen molar-refractivity contribution in [3.63, 3.8) is 0 Å². The summed E-state index contributed by atoms with van der Waals surface area (Å²) in [7, 11) is 2.82. The Morgan fingerprint density at radius 1 is 1.02 bits per heavy atom. The molecule has 0 aliphatic carbocycles. The van der Waals surface area contributed by atoms with Gasteiger partial charge in [0.25, 0.3) is 5.56 Å². The van der Waals surface area contributed by atoms with Crippen molar-refractivity contribution in [3.8, 4) is 11.5 Å². The molecule has 7 nitrogen and oxygen atoms in total. The van der Waals surface area contributed by atoms with E-state index in [1.807, 2.05) is 48.5 Å². The van der Waals surface area contributed by atoms with Crippen LogP contribution in [-0.4, -0.2) is 24.8 Å². The van der Waals surface area contributed by atoms with Crippen molar-refractivity contribution in [2.45, 2.75) is 19.6 Å². The molecular formula is C30H24Cl2N2O5S. The lowest BCUT2D eigenvalue weighted by molar-refractivity contribution is -0.136. The molecular weight excluding hydrogens is 571 g/mol. The number of methoxy groups -OCH3 is 2. The second kappa shape index (κ2) is 11.7. The molecule has 0 unspecified atom stereocenters. The van der Waals surface area contributed by atoms with Crippen molar-refractivity contribution < 1.29 is 19.0 Å². The van der Waals surface area contributed by atoms with Crippen LogP contribution in [0.3, 0.4) is 0 Å². The summed E-state index contributed by atoms with van der Waals surface area (Å²) < 4.78 is 18.5. The van der Waals surface area contributed by atoms with E-state index in [9.17, 15) is 9.59 Å². The van der Waals surface area contributed by atoms with E-state index in [4.69, 9.17) is 37.4 Å². The third kappa shape index (κ3) is 5.56. The van der Waals surface area contributed by atoms with Gasteiger partial charge in [-0.25, -0.2) is 9.79 Å². The summed E-state index contributed by atoms with van der Waals surface area (Å²) in [5, 5.41) is 1.11. The molecule has 0 saturated carbocycles. The maximum absolute atomic E-state index is 13.8. The standard InChI is InChI=1S/C30H24Cl2N2O5S/c1-17-26(29(36)38-3)27(23-15-21(32)10-13-24(23)37-2)34-28(35)25(40-30(34)33-17)14-18-6-11-22(12-7-18)39-16-19-4-8-20(31)9-5-19/h4-15,27H,16H2,1-3H3/b25-14-/t27-/m0/s1. The predicted molar refractivity (Wildman–Crippen MR) is 156 cm³/mol. The Morgan fingerprint density at radius 3 is 2.40 bits per heavy atom. The number of carbonyl (C=O) groups is 1. The second-order valence-corrected chi connectivity index (χ2v) is 10.8. The van der Waals surface area contributed by atoms with Crippen LogP contribution < -0.4 is 24.4 Å². The topological polar surface area (TPSA) is 79.1 Å². The molecule has 2 heterocycles. The van der Waals surface area contributed by atoms with Gasteiger partial charge in [-0.05, 0) is 66.6 Å². The fraction of sp³-hybridized carbons (Fsp3) is 0.167. The van der Waals surface area contributed by atoms with E-state index in [0.717, 1.165) is 11.1 Å². The average Bonchev–Trinajstić information content (AvgIpc) is 3.26. The van der Waals surface area contributed by atoms with Crippen LogP contribution in [0, 0.1) is 0 Å². The number of allylic oxidation sites excluding steroid dienone is 1. The summed E-state index contributed by atoms with van der Waals surface area (Å²) in [6, 6.07) is 19.1. The summed E-state index contributed by atoms with van der Waals surface area (Å²) >= 11 is 13.5. The number of rotatable bonds is 7. The first-order chi connectivity index (χ1) is 19.3. The third-order valence-electron chi connectivity index (χ3n) is 6.41. The molecule has 0 bridgehead atoms. The SMILES string of the molecule is COC(=O)C1=C(C)N=c2s/c(=C\c3ccc(OCc4ccc(Cl)cc4)cc3)c(=O)n2[C@H]1c1cc(Cl)ccc1OC. The van der Waals surface area contributed by atoms with Crippen LogP contribution in [-0.2, 0) is 16.1 Å². The highest BCUT2D eigenvalue weighted by atomic mass is 35.5. The molecule has 5 rings (SSSR count). The largest absolute Gasteiger partial charge is 0.496 e. The minimum absolute atomic E-state index is 0.240. The first kappa shape index (κ1) is 27.7. The molecule has 0 N–H and O–H groups in total. The third-order valence-corrected chi connectivity index (χ3v) is 7.88. The van der Waals surface area contributed by atoms with Gasteiger partial charge >= 0.3 is 5.97 Å². The van der Waals surface area contributed by atoms with E-state index < -0.39 is 12.0 Å².